The van der Waals surface area contributed by atoms with Gasteiger partial charge in [0.25, 0.3) is 6.43 Å². The first kappa shape index (κ1) is 15.6. The van der Waals surface area contributed by atoms with Crippen molar-refractivity contribution in [3.05, 3.63) is 23.0 Å². The highest BCUT2D eigenvalue weighted by Crippen LogP contribution is 2.33. The molecule has 0 atom stereocenters. The number of aromatic carboxylic acids is 1. The number of halogens is 6. The van der Waals surface area contributed by atoms with Crippen molar-refractivity contribution in [2.45, 2.75) is 18.1 Å². The molecule has 0 aliphatic heterocycles. The maximum absolute atomic E-state index is 12.6. The van der Waals surface area contributed by atoms with Crippen LogP contribution in [-0.2, 0) is 5.33 Å². The molecule has 0 saturated heterocycles. The lowest BCUT2D eigenvalue weighted by Crippen LogP contribution is -2.20. The van der Waals surface area contributed by atoms with Crippen LogP contribution in [0.15, 0.2) is 6.07 Å². The predicted molar refractivity (Wildman–Crippen MR) is 55.5 cm³/mol. The van der Waals surface area contributed by atoms with Gasteiger partial charge in [-0.05, 0) is 11.6 Å². The van der Waals surface area contributed by atoms with E-state index in [0.717, 1.165) is 0 Å². The van der Waals surface area contributed by atoms with Gasteiger partial charge in [0, 0.05) is 5.33 Å². The monoisotopic (exact) mass is 349 g/mol. The third-order valence-electron chi connectivity index (χ3n) is 1.87. The Morgan fingerprint density at radius 2 is 2.05 bits per heavy atom. The van der Waals surface area contributed by atoms with E-state index in [1.54, 1.807) is 0 Å². The van der Waals surface area contributed by atoms with Gasteiger partial charge in [-0.15, -0.1) is 13.2 Å². The smallest absolute Gasteiger partial charge is 0.477 e. The van der Waals surface area contributed by atoms with Crippen molar-refractivity contribution in [3.63, 3.8) is 0 Å². The summed E-state index contributed by atoms with van der Waals surface area (Å²) in [5.74, 6) is -2.85. The molecule has 10 heteroatoms. The first-order valence-electron chi connectivity index (χ1n) is 4.52. The SMILES string of the molecule is O=C(O)c1nc(C(F)F)c(OC(F)(F)F)cc1CBr. The standard InChI is InChI=1S/C9H5BrF5NO3/c10-2-3-1-4(19-9(13,14)15)6(7(11)12)16-5(3)8(17)18/h1,7H,2H2,(H,17,18). The quantitative estimate of drug-likeness (QED) is 0.667. The number of ether oxygens (including phenoxy) is 1. The average Bonchev–Trinajstić information content (AvgIpc) is 2.25. The molecule has 1 rings (SSSR count). The number of hydrogen-bond acceptors (Lipinski definition) is 3. The number of rotatable bonds is 4. The van der Waals surface area contributed by atoms with E-state index in [4.69, 9.17) is 5.11 Å². The average molecular weight is 350 g/mol. The molecule has 19 heavy (non-hydrogen) atoms. The molecule has 1 heterocycles. The van der Waals surface area contributed by atoms with Gasteiger partial charge >= 0.3 is 12.3 Å². The lowest BCUT2D eigenvalue weighted by atomic mass is 10.2. The summed E-state index contributed by atoms with van der Waals surface area (Å²) in [7, 11) is 0. The number of alkyl halides is 6. The molecule has 0 bridgehead atoms. The van der Waals surface area contributed by atoms with E-state index >= 15 is 0 Å². The fourth-order valence-electron chi connectivity index (χ4n) is 1.20. The number of nitrogens with zero attached hydrogens (tertiary/aromatic N) is 1. The number of carboxylic acid groups (broad SMARTS) is 1. The lowest BCUT2D eigenvalue weighted by molar-refractivity contribution is -0.275. The van der Waals surface area contributed by atoms with Gasteiger partial charge in [-0.3, -0.25) is 0 Å². The van der Waals surface area contributed by atoms with Crippen LogP contribution in [0.4, 0.5) is 22.0 Å². The van der Waals surface area contributed by atoms with Crippen LogP contribution in [0.5, 0.6) is 5.75 Å². The summed E-state index contributed by atoms with van der Waals surface area (Å²) in [5.41, 5.74) is -2.35. The molecule has 0 aromatic carbocycles. The second-order valence-electron chi connectivity index (χ2n) is 3.17. The van der Waals surface area contributed by atoms with Crippen molar-refractivity contribution in [1.29, 1.82) is 0 Å². The molecule has 1 aromatic heterocycles. The van der Waals surface area contributed by atoms with Crippen LogP contribution < -0.4 is 4.74 Å². The van der Waals surface area contributed by atoms with Gasteiger partial charge in [0.2, 0.25) is 0 Å². The van der Waals surface area contributed by atoms with E-state index < -0.39 is 35.9 Å². The fraction of sp³-hybridized carbons (Fsp3) is 0.333. The molecule has 0 fully saturated rings. The Hall–Kier alpha value is -1.45. The van der Waals surface area contributed by atoms with Gasteiger partial charge in [-0.25, -0.2) is 18.6 Å². The first-order valence-corrected chi connectivity index (χ1v) is 5.64. The van der Waals surface area contributed by atoms with Gasteiger partial charge in [-0.1, -0.05) is 15.9 Å². The van der Waals surface area contributed by atoms with Crippen molar-refractivity contribution < 1.29 is 36.6 Å². The Morgan fingerprint density at radius 1 is 1.47 bits per heavy atom. The molecular formula is C9H5BrF5NO3. The summed E-state index contributed by atoms with van der Waals surface area (Å²) in [6, 6.07) is 0.570. The summed E-state index contributed by atoms with van der Waals surface area (Å²) < 4.78 is 64.7. The molecule has 106 valence electrons. The molecule has 1 aromatic rings. The zero-order valence-corrected chi connectivity index (χ0v) is 10.4. The Kier molecular flexibility index (Phi) is 4.66. The Morgan fingerprint density at radius 3 is 2.42 bits per heavy atom. The zero-order chi connectivity index (χ0) is 14.8. The van der Waals surface area contributed by atoms with E-state index in [-0.39, 0.29) is 10.9 Å². The second kappa shape index (κ2) is 5.68. The molecular weight excluding hydrogens is 345 g/mol. The predicted octanol–water partition coefficient (Wildman–Crippen LogP) is 3.51. The van der Waals surface area contributed by atoms with Gasteiger partial charge in [0.15, 0.2) is 11.4 Å². The lowest BCUT2D eigenvalue weighted by Gasteiger charge is -2.14. The zero-order valence-electron chi connectivity index (χ0n) is 8.84. The molecule has 0 amide bonds. The van der Waals surface area contributed by atoms with Crippen molar-refractivity contribution >= 4 is 21.9 Å². The summed E-state index contributed by atoms with van der Waals surface area (Å²) in [5, 5.41) is 8.55. The molecule has 4 nitrogen and oxygen atoms in total. The Balaban J connectivity index is 3.40. The van der Waals surface area contributed by atoms with Crippen molar-refractivity contribution in [2.24, 2.45) is 0 Å². The van der Waals surface area contributed by atoms with Crippen LogP contribution >= 0.6 is 15.9 Å². The molecule has 0 aliphatic rings. The molecule has 0 unspecified atom stereocenters. The highest BCUT2D eigenvalue weighted by atomic mass is 79.9. The van der Waals surface area contributed by atoms with E-state index in [2.05, 4.69) is 25.7 Å². The van der Waals surface area contributed by atoms with Crippen LogP contribution in [0.3, 0.4) is 0 Å². The molecule has 0 aliphatic carbocycles. The van der Waals surface area contributed by atoms with Gasteiger partial charge in [0.05, 0.1) is 0 Å². The van der Waals surface area contributed by atoms with Crippen molar-refractivity contribution in [3.8, 4) is 5.75 Å². The minimum Gasteiger partial charge on any atom is -0.477 e. The largest absolute Gasteiger partial charge is 0.573 e. The molecule has 1 N–H and O–H groups in total. The number of carboxylic acids is 1. The van der Waals surface area contributed by atoms with Crippen LogP contribution in [0.2, 0.25) is 0 Å². The fourth-order valence-corrected chi connectivity index (χ4v) is 1.63. The van der Waals surface area contributed by atoms with Crippen LogP contribution in [0, 0.1) is 0 Å². The minimum atomic E-state index is -5.18. The number of carbonyl (C=O) groups is 1. The molecule has 0 spiro atoms. The maximum Gasteiger partial charge on any atom is 0.573 e. The minimum absolute atomic E-state index is 0.181. The van der Waals surface area contributed by atoms with E-state index in [1.807, 2.05) is 0 Å². The van der Waals surface area contributed by atoms with E-state index in [0.29, 0.717) is 6.07 Å². The first-order chi connectivity index (χ1) is 8.65. The third kappa shape index (κ3) is 4.01. The summed E-state index contributed by atoms with van der Waals surface area (Å²) >= 11 is 2.82. The van der Waals surface area contributed by atoms with Crippen LogP contribution in [0.25, 0.3) is 0 Å². The second-order valence-corrected chi connectivity index (χ2v) is 3.73. The van der Waals surface area contributed by atoms with Gasteiger partial charge in [-0.2, -0.15) is 0 Å². The van der Waals surface area contributed by atoms with Crippen LogP contribution in [0.1, 0.15) is 28.2 Å². The normalized spacial score (nSPS) is 11.7. The Labute approximate surface area is 111 Å². The van der Waals surface area contributed by atoms with E-state index in [9.17, 15) is 26.7 Å². The number of pyridine rings is 1. The van der Waals surface area contributed by atoms with Crippen LogP contribution in [-0.4, -0.2) is 22.4 Å². The van der Waals surface area contributed by atoms with Gasteiger partial charge < -0.3 is 9.84 Å². The summed E-state index contributed by atoms with van der Waals surface area (Å²) in [6.07, 6.45) is -8.58. The third-order valence-corrected chi connectivity index (χ3v) is 2.48. The number of hydrogen-bond donors (Lipinski definition) is 1. The highest BCUT2D eigenvalue weighted by molar-refractivity contribution is 9.08. The summed E-state index contributed by atoms with van der Waals surface area (Å²) in [6.45, 7) is 0. The number of aromatic nitrogens is 1. The van der Waals surface area contributed by atoms with Gasteiger partial charge in [0.1, 0.15) is 5.69 Å². The van der Waals surface area contributed by atoms with Crippen molar-refractivity contribution in [2.75, 3.05) is 0 Å². The maximum atomic E-state index is 12.6. The molecule has 0 radical (unpaired) electrons. The van der Waals surface area contributed by atoms with E-state index in [1.165, 1.54) is 0 Å². The molecule has 0 saturated carbocycles. The summed E-state index contributed by atoms with van der Waals surface area (Å²) in [4.78, 5) is 13.8. The Bertz CT molecular complexity index is 491. The topological polar surface area (TPSA) is 59.4 Å². The van der Waals surface area contributed by atoms with Crippen molar-refractivity contribution in [1.82, 2.24) is 4.98 Å². The highest BCUT2D eigenvalue weighted by Gasteiger charge is 2.34.